The van der Waals surface area contributed by atoms with Crippen LogP contribution in [-0.4, -0.2) is 42.0 Å². The van der Waals surface area contributed by atoms with Gasteiger partial charge < -0.3 is 14.6 Å². The zero-order valence-corrected chi connectivity index (χ0v) is 14.4. The molecule has 0 unspecified atom stereocenters. The van der Waals surface area contributed by atoms with E-state index in [4.69, 9.17) is 32.7 Å². The summed E-state index contributed by atoms with van der Waals surface area (Å²) >= 11 is 12.5. The molecule has 1 aromatic rings. The SMILES string of the molecule is O[C@@H]1c2cc(Cl)cc(Cl)c2O[C@]2(N3CCOCC3)CCCC[C@@H]12. The molecule has 0 bridgehead atoms. The van der Waals surface area contributed by atoms with E-state index in [-0.39, 0.29) is 5.92 Å². The first kappa shape index (κ1) is 16.0. The quantitative estimate of drug-likeness (QED) is 0.832. The monoisotopic (exact) mass is 357 g/mol. The minimum atomic E-state index is -0.599. The van der Waals surface area contributed by atoms with Crippen LogP contribution in [0.4, 0.5) is 0 Å². The molecule has 1 aromatic carbocycles. The minimum absolute atomic E-state index is 0.0383. The highest BCUT2D eigenvalue weighted by molar-refractivity contribution is 6.35. The van der Waals surface area contributed by atoms with Crippen molar-refractivity contribution in [3.63, 3.8) is 0 Å². The molecule has 126 valence electrons. The van der Waals surface area contributed by atoms with Gasteiger partial charge in [-0.3, -0.25) is 4.90 Å². The number of fused-ring (bicyclic) bond motifs is 2. The van der Waals surface area contributed by atoms with Crippen molar-refractivity contribution in [2.45, 2.75) is 37.5 Å². The maximum atomic E-state index is 11.0. The summed E-state index contributed by atoms with van der Waals surface area (Å²) < 4.78 is 12.0. The molecular formula is C17H21Cl2NO3. The highest BCUT2D eigenvalue weighted by atomic mass is 35.5. The Kier molecular flexibility index (Phi) is 4.23. The smallest absolute Gasteiger partial charge is 0.169 e. The fourth-order valence-corrected chi connectivity index (χ4v) is 4.93. The van der Waals surface area contributed by atoms with Gasteiger partial charge in [-0.05, 0) is 25.0 Å². The van der Waals surface area contributed by atoms with Crippen LogP contribution in [0, 0.1) is 5.92 Å². The van der Waals surface area contributed by atoms with Gasteiger partial charge >= 0.3 is 0 Å². The van der Waals surface area contributed by atoms with Gasteiger partial charge in [-0.25, -0.2) is 0 Å². The Bertz CT molecular complexity index is 606. The van der Waals surface area contributed by atoms with Crippen molar-refractivity contribution in [1.82, 2.24) is 4.90 Å². The fourth-order valence-electron chi connectivity index (χ4n) is 4.38. The molecule has 2 heterocycles. The second-order valence-electron chi connectivity index (χ2n) is 6.65. The van der Waals surface area contributed by atoms with Gasteiger partial charge in [0.2, 0.25) is 0 Å². The van der Waals surface area contributed by atoms with E-state index in [1.54, 1.807) is 12.1 Å². The summed E-state index contributed by atoms with van der Waals surface area (Å²) in [4.78, 5) is 2.34. The molecule has 0 aromatic heterocycles. The molecule has 0 amide bonds. The Morgan fingerprint density at radius 1 is 1.17 bits per heavy atom. The average molecular weight is 358 g/mol. The van der Waals surface area contributed by atoms with Crippen LogP contribution in [0.3, 0.4) is 0 Å². The van der Waals surface area contributed by atoms with Crippen LogP contribution in [0.25, 0.3) is 0 Å². The van der Waals surface area contributed by atoms with Crippen LogP contribution in [0.2, 0.25) is 10.0 Å². The van der Waals surface area contributed by atoms with Gasteiger partial charge in [-0.2, -0.15) is 0 Å². The molecule has 6 heteroatoms. The molecule has 0 spiro atoms. The topological polar surface area (TPSA) is 41.9 Å². The maximum absolute atomic E-state index is 11.0. The van der Waals surface area contributed by atoms with Crippen LogP contribution in [0.1, 0.15) is 37.4 Å². The summed E-state index contributed by atoms with van der Waals surface area (Å²) in [6.45, 7) is 3.05. The molecule has 1 saturated carbocycles. The van der Waals surface area contributed by atoms with E-state index in [9.17, 15) is 5.11 Å². The number of aliphatic hydroxyl groups is 1. The predicted molar refractivity (Wildman–Crippen MR) is 89.1 cm³/mol. The minimum Gasteiger partial charge on any atom is -0.470 e. The summed E-state index contributed by atoms with van der Waals surface area (Å²) in [5, 5.41) is 12.1. The van der Waals surface area contributed by atoms with Gasteiger partial charge in [0, 0.05) is 36.0 Å². The van der Waals surface area contributed by atoms with Gasteiger partial charge in [0.05, 0.1) is 24.3 Å². The van der Waals surface area contributed by atoms with Gasteiger partial charge in [-0.1, -0.05) is 29.6 Å². The van der Waals surface area contributed by atoms with Crippen LogP contribution in [0.15, 0.2) is 12.1 Å². The van der Waals surface area contributed by atoms with Crippen LogP contribution >= 0.6 is 23.2 Å². The molecule has 23 heavy (non-hydrogen) atoms. The van der Waals surface area contributed by atoms with Gasteiger partial charge in [0.15, 0.2) is 5.72 Å². The number of benzene rings is 1. The largest absolute Gasteiger partial charge is 0.470 e. The van der Waals surface area contributed by atoms with Crippen molar-refractivity contribution >= 4 is 23.2 Å². The van der Waals surface area contributed by atoms with E-state index in [2.05, 4.69) is 4.90 Å². The van der Waals surface area contributed by atoms with E-state index in [0.717, 1.165) is 44.3 Å². The molecule has 1 saturated heterocycles. The summed E-state index contributed by atoms with van der Waals surface area (Å²) in [6, 6.07) is 3.47. The maximum Gasteiger partial charge on any atom is 0.169 e. The first-order valence-electron chi connectivity index (χ1n) is 8.31. The summed E-state index contributed by atoms with van der Waals surface area (Å²) in [5.74, 6) is 0.629. The summed E-state index contributed by atoms with van der Waals surface area (Å²) in [7, 11) is 0. The standard InChI is InChI=1S/C17H21Cl2NO3/c18-11-9-12-15(21)13-3-1-2-4-17(13,20-5-7-22-8-6-20)23-16(12)14(19)10-11/h9-10,13,15,21H,1-8H2/t13-,15+,17+/m0/s1. The van der Waals surface area contributed by atoms with E-state index in [1.807, 2.05) is 0 Å². The lowest BCUT2D eigenvalue weighted by atomic mass is 9.73. The third-order valence-corrected chi connectivity index (χ3v) is 5.94. The average Bonchev–Trinajstić information content (AvgIpc) is 2.57. The van der Waals surface area contributed by atoms with E-state index >= 15 is 0 Å². The highest BCUT2D eigenvalue weighted by Gasteiger charge is 2.54. The molecule has 3 atom stereocenters. The molecule has 4 rings (SSSR count). The van der Waals surface area contributed by atoms with Crippen LogP contribution < -0.4 is 4.74 Å². The second kappa shape index (κ2) is 6.08. The molecule has 1 N–H and O–H groups in total. The number of hydrogen-bond acceptors (Lipinski definition) is 4. The van der Waals surface area contributed by atoms with Crippen molar-refractivity contribution in [2.24, 2.45) is 5.92 Å². The van der Waals surface area contributed by atoms with Crippen molar-refractivity contribution < 1.29 is 14.6 Å². The zero-order chi connectivity index (χ0) is 16.0. The molecule has 2 aliphatic heterocycles. The van der Waals surface area contributed by atoms with Gasteiger partial charge in [-0.15, -0.1) is 0 Å². The van der Waals surface area contributed by atoms with Crippen LogP contribution in [-0.2, 0) is 4.74 Å². The lowest BCUT2D eigenvalue weighted by molar-refractivity contribution is -0.206. The van der Waals surface area contributed by atoms with Gasteiger partial charge in [0.25, 0.3) is 0 Å². The number of halogens is 2. The summed E-state index contributed by atoms with van der Waals surface area (Å²) in [6.07, 6.45) is 3.47. The number of hydrogen-bond donors (Lipinski definition) is 1. The number of aliphatic hydroxyl groups excluding tert-OH is 1. The van der Waals surface area contributed by atoms with E-state index in [0.29, 0.717) is 29.0 Å². The number of rotatable bonds is 1. The van der Waals surface area contributed by atoms with E-state index in [1.165, 1.54) is 0 Å². The third-order valence-electron chi connectivity index (χ3n) is 5.44. The lowest BCUT2D eigenvalue weighted by Crippen LogP contribution is -2.64. The van der Waals surface area contributed by atoms with Gasteiger partial charge in [0.1, 0.15) is 5.75 Å². The fraction of sp³-hybridized carbons (Fsp3) is 0.647. The Labute approximate surface area is 146 Å². The highest BCUT2D eigenvalue weighted by Crippen LogP contribution is 2.54. The third kappa shape index (κ3) is 2.56. The van der Waals surface area contributed by atoms with Crippen LogP contribution in [0.5, 0.6) is 5.75 Å². The molecular weight excluding hydrogens is 337 g/mol. The Balaban J connectivity index is 1.80. The normalized spacial score (nSPS) is 34.4. The van der Waals surface area contributed by atoms with Crippen molar-refractivity contribution in [3.05, 3.63) is 27.7 Å². The number of ether oxygens (including phenoxy) is 2. The molecule has 4 nitrogen and oxygen atoms in total. The molecule has 1 aliphatic carbocycles. The lowest BCUT2D eigenvalue weighted by Gasteiger charge is -2.55. The predicted octanol–water partition coefficient (Wildman–Crippen LogP) is 3.64. The van der Waals surface area contributed by atoms with Crippen molar-refractivity contribution in [2.75, 3.05) is 26.3 Å². The Morgan fingerprint density at radius 2 is 1.96 bits per heavy atom. The molecule has 0 radical (unpaired) electrons. The molecule has 2 fully saturated rings. The Morgan fingerprint density at radius 3 is 2.74 bits per heavy atom. The first-order valence-corrected chi connectivity index (χ1v) is 9.06. The van der Waals surface area contributed by atoms with Crippen molar-refractivity contribution in [3.8, 4) is 5.75 Å². The van der Waals surface area contributed by atoms with Crippen molar-refractivity contribution in [1.29, 1.82) is 0 Å². The molecule has 3 aliphatic rings. The first-order chi connectivity index (χ1) is 11.1. The van der Waals surface area contributed by atoms with E-state index < -0.39 is 11.8 Å². The zero-order valence-electron chi connectivity index (χ0n) is 12.9. The summed E-state index contributed by atoms with van der Waals surface area (Å²) in [5.41, 5.74) is 0.240. The Hall–Kier alpha value is -0.520. The number of nitrogens with zero attached hydrogens (tertiary/aromatic N) is 1. The second-order valence-corrected chi connectivity index (χ2v) is 7.49. The number of morpholine rings is 1.